The summed E-state index contributed by atoms with van der Waals surface area (Å²) in [7, 11) is 0. The van der Waals surface area contributed by atoms with Gasteiger partial charge >= 0.3 is 0 Å². The fourth-order valence-corrected chi connectivity index (χ4v) is 1.81. The Morgan fingerprint density at radius 3 is 2.35 bits per heavy atom. The number of hydrazone groups is 1. The molecule has 0 aliphatic rings. The lowest BCUT2D eigenvalue weighted by molar-refractivity contribution is -0.115. The van der Waals surface area contributed by atoms with Gasteiger partial charge in [-0.3, -0.25) is 9.59 Å². The van der Waals surface area contributed by atoms with E-state index in [0.717, 1.165) is 0 Å². The van der Waals surface area contributed by atoms with Gasteiger partial charge < -0.3 is 5.32 Å². The van der Waals surface area contributed by atoms with Crippen molar-refractivity contribution in [2.24, 2.45) is 5.10 Å². The van der Waals surface area contributed by atoms with Gasteiger partial charge in [0, 0.05) is 17.0 Å². The minimum Gasteiger partial charge on any atom is -0.326 e. The molecule has 0 saturated carbocycles. The Hall–Kier alpha value is -3.02. The summed E-state index contributed by atoms with van der Waals surface area (Å²) >= 11 is 0. The molecular formula is C17H16FN3O2. The third-order valence-electron chi connectivity index (χ3n) is 2.93. The van der Waals surface area contributed by atoms with Crippen LogP contribution in [-0.4, -0.2) is 17.5 Å². The highest BCUT2D eigenvalue weighted by atomic mass is 19.1. The van der Waals surface area contributed by atoms with Crippen molar-refractivity contribution in [3.05, 3.63) is 66.0 Å². The van der Waals surface area contributed by atoms with E-state index in [1.54, 1.807) is 31.2 Å². The number of anilines is 1. The van der Waals surface area contributed by atoms with Crippen LogP contribution >= 0.6 is 0 Å². The molecule has 0 fully saturated rings. The molecule has 0 saturated heterocycles. The smallest absolute Gasteiger partial charge is 0.271 e. The largest absolute Gasteiger partial charge is 0.326 e. The summed E-state index contributed by atoms with van der Waals surface area (Å²) in [5, 5.41) is 6.51. The van der Waals surface area contributed by atoms with E-state index in [0.29, 0.717) is 17.0 Å². The quantitative estimate of drug-likeness (QED) is 0.658. The lowest BCUT2D eigenvalue weighted by Gasteiger charge is -2.05. The highest BCUT2D eigenvalue weighted by Crippen LogP contribution is 2.08. The number of amides is 2. The zero-order valence-electron chi connectivity index (χ0n) is 12.5. The normalized spacial score (nSPS) is 11.0. The molecule has 2 N–H and O–H groups in total. The minimum atomic E-state index is -0.371. The van der Waals surface area contributed by atoms with E-state index in [1.807, 2.05) is 6.07 Å². The summed E-state index contributed by atoms with van der Waals surface area (Å²) in [5.41, 5.74) is 3.83. The first-order valence-corrected chi connectivity index (χ1v) is 6.98. The average molecular weight is 313 g/mol. The van der Waals surface area contributed by atoms with Gasteiger partial charge in [0.25, 0.3) is 5.91 Å². The molecule has 0 bridgehead atoms. The van der Waals surface area contributed by atoms with Crippen LogP contribution in [0.15, 0.2) is 59.7 Å². The molecule has 0 aromatic heterocycles. The molecule has 0 spiro atoms. The summed E-state index contributed by atoms with van der Waals surface area (Å²) in [6, 6.07) is 14.1. The second-order valence-electron chi connectivity index (χ2n) is 4.89. The maximum atomic E-state index is 12.8. The number of nitrogens with zero attached hydrogens (tertiary/aromatic N) is 1. The summed E-state index contributed by atoms with van der Waals surface area (Å²) in [4.78, 5) is 23.6. The van der Waals surface area contributed by atoms with Crippen molar-refractivity contribution in [2.75, 3.05) is 5.32 Å². The number of halogens is 1. The molecular weight excluding hydrogens is 297 g/mol. The molecule has 6 heteroatoms. The molecule has 0 radical (unpaired) electrons. The Labute approximate surface area is 133 Å². The maximum Gasteiger partial charge on any atom is 0.271 e. The first kappa shape index (κ1) is 16.4. The van der Waals surface area contributed by atoms with Gasteiger partial charge in [0.15, 0.2) is 0 Å². The van der Waals surface area contributed by atoms with Crippen molar-refractivity contribution in [3.8, 4) is 0 Å². The summed E-state index contributed by atoms with van der Waals surface area (Å²) in [6.45, 7) is 1.63. The fraction of sp³-hybridized carbons (Fsp3) is 0.118. The second-order valence-corrected chi connectivity index (χ2v) is 4.89. The topological polar surface area (TPSA) is 70.6 Å². The summed E-state index contributed by atoms with van der Waals surface area (Å²) < 4.78 is 12.8. The highest BCUT2D eigenvalue weighted by Gasteiger charge is 2.06. The van der Waals surface area contributed by atoms with Gasteiger partial charge in [-0.15, -0.1) is 0 Å². The van der Waals surface area contributed by atoms with Gasteiger partial charge in [-0.05, 0) is 43.3 Å². The second kappa shape index (κ2) is 7.84. The number of benzene rings is 2. The molecule has 0 heterocycles. The van der Waals surface area contributed by atoms with Crippen LogP contribution in [0.2, 0.25) is 0 Å². The van der Waals surface area contributed by atoms with Crippen molar-refractivity contribution < 1.29 is 14.0 Å². The number of hydrogen-bond acceptors (Lipinski definition) is 3. The molecule has 5 nitrogen and oxygen atoms in total. The zero-order valence-corrected chi connectivity index (χ0v) is 12.5. The van der Waals surface area contributed by atoms with Crippen LogP contribution in [0, 0.1) is 5.82 Å². The maximum absolute atomic E-state index is 12.8. The molecule has 2 aromatic rings. The third-order valence-corrected chi connectivity index (χ3v) is 2.93. The first-order valence-electron chi connectivity index (χ1n) is 6.98. The molecule has 2 aromatic carbocycles. The lowest BCUT2D eigenvalue weighted by atomic mass is 10.2. The van der Waals surface area contributed by atoms with E-state index in [9.17, 15) is 14.0 Å². The van der Waals surface area contributed by atoms with E-state index in [1.165, 1.54) is 24.3 Å². The molecule has 23 heavy (non-hydrogen) atoms. The highest BCUT2D eigenvalue weighted by molar-refractivity contribution is 6.06. The van der Waals surface area contributed by atoms with Crippen molar-refractivity contribution in [1.29, 1.82) is 0 Å². The van der Waals surface area contributed by atoms with Crippen molar-refractivity contribution in [3.63, 3.8) is 0 Å². The van der Waals surface area contributed by atoms with Crippen LogP contribution in [0.4, 0.5) is 10.1 Å². The SMILES string of the molecule is CC(CC(=O)Nc1ccc(F)cc1)=NNC(=O)c1ccccc1. The van der Waals surface area contributed by atoms with Crippen molar-refractivity contribution >= 4 is 23.2 Å². The molecule has 118 valence electrons. The van der Waals surface area contributed by atoms with Gasteiger partial charge in [0.1, 0.15) is 5.82 Å². The third kappa shape index (κ3) is 5.35. The number of rotatable bonds is 5. The van der Waals surface area contributed by atoms with Gasteiger partial charge in [-0.25, -0.2) is 9.82 Å². The number of nitrogens with one attached hydrogen (secondary N) is 2. The van der Waals surface area contributed by atoms with Gasteiger partial charge in [0.2, 0.25) is 5.91 Å². The predicted molar refractivity (Wildman–Crippen MR) is 86.7 cm³/mol. The van der Waals surface area contributed by atoms with Crippen molar-refractivity contribution in [2.45, 2.75) is 13.3 Å². The zero-order chi connectivity index (χ0) is 16.7. The van der Waals surface area contributed by atoms with Gasteiger partial charge in [0.05, 0.1) is 6.42 Å². The monoisotopic (exact) mass is 313 g/mol. The lowest BCUT2D eigenvalue weighted by Crippen LogP contribution is -2.21. The molecule has 0 unspecified atom stereocenters. The van der Waals surface area contributed by atoms with Crippen LogP contribution in [0.3, 0.4) is 0 Å². The first-order chi connectivity index (χ1) is 11.0. The molecule has 2 amide bonds. The fourth-order valence-electron chi connectivity index (χ4n) is 1.81. The minimum absolute atomic E-state index is 0.0203. The van der Waals surface area contributed by atoms with Crippen LogP contribution in [0.1, 0.15) is 23.7 Å². The Morgan fingerprint density at radius 2 is 1.70 bits per heavy atom. The Morgan fingerprint density at radius 1 is 1.04 bits per heavy atom. The Balaban J connectivity index is 1.85. The molecule has 0 aliphatic heterocycles. The molecule has 0 atom stereocenters. The van der Waals surface area contributed by atoms with E-state index in [-0.39, 0.29) is 24.1 Å². The number of hydrogen-bond donors (Lipinski definition) is 2. The van der Waals surface area contributed by atoms with Gasteiger partial charge in [-0.2, -0.15) is 5.10 Å². The summed E-state index contributed by atoms with van der Waals surface area (Å²) in [5.74, 6) is -1.01. The molecule has 0 aliphatic carbocycles. The number of carbonyl (C=O) groups excluding carboxylic acids is 2. The van der Waals surface area contributed by atoms with E-state index in [2.05, 4.69) is 15.8 Å². The summed E-state index contributed by atoms with van der Waals surface area (Å²) in [6.07, 6.45) is 0.0203. The Bertz CT molecular complexity index is 712. The van der Waals surface area contributed by atoms with E-state index < -0.39 is 0 Å². The predicted octanol–water partition coefficient (Wildman–Crippen LogP) is 2.96. The van der Waals surface area contributed by atoms with Crippen LogP contribution in [0.5, 0.6) is 0 Å². The van der Waals surface area contributed by atoms with Crippen LogP contribution in [-0.2, 0) is 4.79 Å². The van der Waals surface area contributed by atoms with E-state index >= 15 is 0 Å². The average Bonchev–Trinajstić information content (AvgIpc) is 2.55. The van der Waals surface area contributed by atoms with Gasteiger partial charge in [-0.1, -0.05) is 18.2 Å². The Kier molecular flexibility index (Phi) is 5.57. The van der Waals surface area contributed by atoms with Crippen LogP contribution in [0.25, 0.3) is 0 Å². The van der Waals surface area contributed by atoms with E-state index in [4.69, 9.17) is 0 Å². The standard InChI is InChI=1S/C17H16FN3O2/c1-12(20-21-17(23)13-5-3-2-4-6-13)11-16(22)19-15-9-7-14(18)8-10-15/h2-10H,11H2,1H3,(H,19,22)(H,21,23). The van der Waals surface area contributed by atoms with Crippen LogP contribution < -0.4 is 10.7 Å². The number of carbonyl (C=O) groups is 2. The van der Waals surface area contributed by atoms with Crippen molar-refractivity contribution in [1.82, 2.24) is 5.43 Å². The molecule has 2 rings (SSSR count).